The Morgan fingerprint density at radius 2 is 1.06 bits per heavy atom. The first-order chi connectivity index (χ1) is 38.7. The molecule has 80 heavy (non-hydrogen) atoms. The molecular formula is C62H82N8O10. The maximum absolute atomic E-state index is 14.9. The van der Waals surface area contributed by atoms with Crippen molar-refractivity contribution < 1.29 is 47.8 Å². The summed E-state index contributed by atoms with van der Waals surface area (Å²) in [7, 11) is 1.68. The summed E-state index contributed by atoms with van der Waals surface area (Å²) in [5.74, 6) is -1.96. The largest absolute Gasteiger partial charge is 0.493 e. The molecule has 3 aromatic carbocycles. The zero-order valence-electron chi connectivity index (χ0n) is 47.0. The fourth-order valence-corrected chi connectivity index (χ4v) is 12.9. The maximum atomic E-state index is 14.9. The molecule has 10 atom stereocenters. The van der Waals surface area contributed by atoms with E-state index in [0.717, 1.165) is 75.3 Å². The molecular weight excluding hydrogens is 1020 g/mol. The SMILES string of the molecule is CC[C@@H](C)C(=O)N[C@H](C(=O)N1C[C@@H](CC(=O)c2ccc(C(=O)N[C@H]3C[C@@H](C(=O)N[C@H]4CCOc5ccccc54)N(C(=O)[C@@H](NC(=O)[C@H](C)NC)C4CCCCC4)C3)cc2)C[C@H]1C(=O)N[C@H]1CCOc2ccccc21)C1CCCCC1. The average molecular weight is 1100 g/mol. The molecule has 18 heteroatoms. The Hall–Kier alpha value is -6.82. The number of rotatable bonds is 19. The lowest BCUT2D eigenvalue weighted by molar-refractivity contribution is -0.143. The van der Waals surface area contributed by atoms with E-state index < -0.39 is 42.2 Å². The summed E-state index contributed by atoms with van der Waals surface area (Å²) >= 11 is 0. The molecule has 18 nitrogen and oxygen atoms in total. The van der Waals surface area contributed by atoms with E-state index in [9.17, 15) is 38.4 Å². The van der Waals surface area contributed by atoms with Gasteiger partial charge in [-0.2, -0.15) is 0 Å². The highest BCUT2D eigenvalue weighted by atomic mass is 16.5. The van der Waals surface area contributed by atoms with E-state index >= 15 is 0 Å². The van der Waals surface area contributed by atoms with Gasteiger partial charge in [0.1, 0.15) is 35.7 Å². The van der Waals surface area contributed by atoms with Crippen LogP contribution in [0.2, 0.25) is 0 Å². The number of fused-ring (bicyclic) bond motifs is 2. The van der Waals surface area contributed by atoms with Gasteiger partial charge in [-0.05, 0) is 101 Å². The third-order valence-electron chi connectivity index (χ3n) is 17.9. The van der Waals surface area contributed by atoms with Crippen molar-refractivity contribution in [2.75, 3.05) is 33.4 Å². The van der Waals surface area contributed by atoms with E-state index in [4.69, 9.17) is 9.47 Å². The molecule has 0 bridgehead atoms. The van der Waals surface area contributed by atoms with Gasteiger partial charge in [0.05, 0.1) is 31.3 Å². The Bertz CT molecular complexity index is 2540. The van der Waals surface area contributed by atoms with Gasteiger partial charge in [-0.3, -0.25) is 38.4 Å². The Kier molecular flexibility index (Phi) is 19.3. The van der Waals surface area contributed by atoms with Crippen molar-refractivity contribution in [1.29, 1.82) is 0 Å². The zero-order chi connectivity index (χ0) is 56.5. The van der Waals surface area contributed by atoms with E-state index in [1.807, 2.05) is 62.4 Å². The van der Waals surface area contributed by atoms with Gasteiger partial charge in [0.2, 0.25) is 35.4 Å². The highest BCUT2D eigenvalue weighted by Gasteiger charge is 2.47. The van der Waals surface area contributed by atoms with Gasteiger partial charge in [-0.25, -0.2) is 0 Å². The third kappa shape index (κ3) is 13.5. The Morgan fingerprint density at radius 3 is 1.59 bits per heavy atom. The van der Waals surface area contributed by atoms with E-state index in [-0.39, 0.29) is 115 Å². The number of Topliss-reactive ketones (excluding diaryl/α,β-unsaturated/α-hetero) is 1. The Morgan fingerprint density at radius 1 is 0.575 bits per heavy atom. The molecule has 2 saturated carbocycles. The van der Waals surface area contributed by atoms with Crippen LogP contribution in [-0.2, 0) is 28.8 Å². The minimum absolute atomic E-state index is 0.0392. The molecule has 9 rings (SSSR count). The number of hydrogen-bond acceptors (Lipinski definition) is 11. The van der Waals surface area contributed by atoms with Crippen molar-refractivity contribution in [2.45, 2.75) is 172 Å². The third-order valence-corrected chi connectivity index (χ3v) is 17.9. The number of hydrogen-bond donors (Lipinski definition) is 6. The number of carbonyl (C=O) groups excluding carboxylic acids is 8. The van der Waals surface area contributed by atoms with Crippen LogP contribution in [0.3, 0.4) is 0 Å². The molecule has 6 N–H and O–H groups in total. The quantitative estimate of drug-likeness (QED) is 0.0736. The minimum atomic E-state index is -0.944. The van der Waals surface area contributed by atoms with Crippen LogP contribution in [0.1, 0.15) is 167 Å². The van der Waals surface area contributed by atoms with Crippen molar-refractivity contribution in [2.24, 2.45) is 23.7 Å². The van der Waals surface area contributed by atoms with Gasteiger partial charge in [0.25, 0.3) is 5.91 Å². The summed E-state index contributed by atoms with van der Waals surface area (Å²) in [5, 5.41) is 18.6. The summed E-state index contributed by atoms with van der Waals surface area (Å²) in [6.45, 7) is 6.54. The molecule has 2 aliphatic carbocycles. The van der Waals surface area contributed by atoms with Crippen LogP contribution < -0.4 is 41.4 Å². The van der Waals surface area contributed by atoms with E-state index in [1.165, 1.54) is 4.90 Å². The summed E-state index contributed by atoms with van der Waals surface area (Å²) < 4.78 is 11.7. The number of para-hydroxylation sites is 2. The topological polar surface area (TPSA) is 234 Å². The highest BCUT2D eigenvalue weighted by molar-refractivity contribution is 6.00. The molecule has 0 aromatic heterocycles. The number of ether oxygens (including phenoxy) is 2. The first-order valence-corrected chi connectivity index (χ1v) is 29.6. The number of nitrogens with one attached hydrogen (secondary N) is 6. The molecule has 0 spiro atoms. The van der Waals surface area contributed by atoms with Gasteiger partial charge < -0.3 is 51.2 Å². The van der Waals surface area contributed by atoms with Crippen LogP contribution in [-0.4, -0.2) is 127 Å². The first kappa shape index (κ1) is 57.9. The summed E-state index contributed by atoms with van der Waals surface area (Å²) in [5.41, 5.74) is 2.34. The molecule has 4 heterocycles. The number of benzene rings is 3. The second-order valence-corrected chi connectivity index (χ2v) is 23.3. The van der Waals surface area contributed by atoms with E-state index in [2.05, 4.69) is 31.9 Å². The van der Waals surface area contributed by atoms with Crippen molar-refractivity contribution >= 4 is 47.1 Å². The van der Waals surface area contributed by atoms with Gasteiger partial charge in [0.15, 0.2) is 5.78 Å². The lowest BCUT2D eigenvalue weighted by Gasteiger charge is -2.35. The molecule has 3 aromatic rings. The van der Waals surface area contributed by atoms with Gasteiger partial charge >= 0.3 is 0 Å². The number of amides is 7. The molecule has 0 unspecified atom stereocenters. The first-order valence-electron chi connectivity index (χ1n) is 29.6. The minimum Gasteiger partial charge on any atom is -0.493 e. The van der Waals surface area contributed by atoms with E-state index in [0.29, 0.717) is 49.5 Å². The second-order valence-electron chi connectivity index (χ2n) is 23.3. The summed E-state index contributed by atoms with van der Waals surface area (Å²) in [6.07, 6.45) is 11.1. The smallest absolute Gasteiger partial charge is 0.251 e. The second kappa shape index (κ2) is 26.6. The number of likely N-dealkylation sites (N-methyl/N-ethyl adjacent to an activating group) is 1. The van der Waals surface area contributed by atoms with Crippen LogP contribution in [0.4, 0.5) is 0 Å². The molecule has 0 radical (unpaired) electrons. The van der Waals surface area contributed by atoms with Crippen molar-refractivity contribution in [1.82, 2.24) is 41.7 Å². The normalized spacial score (nSPS) is 24.5. The Labute approximate surface area is 470 Å². The standard InChI is InChI=1S/C62H82N8O10/c1-5-37(2)56(72)67-54(41-16-8-6-9-17-41)61(77)69-35-39(32-49(69)59(75)65-47-28-30-79-52-22-14-12-20-45(47)52)33-51(71)40-24-26-43(27-25-40)58(74)64-44-34-50(60(76)66-48-29-31-80-53-23-15-13-21-46(48)53)70(36-44)62(78)55(42-18-10-7-11-19-42)68-57(73)38(3)63-4/h12-15,20-27,37-39,41-42,44,47-50,54-55,63H,5-11,16-19,28-36H2,1-4H3,(H,64,74)(H,65,75)(H,66,76)(H,67,72)(H,68,73)/t37-,38+,39-,44+,47+,48+,49+,50+,54+,55+/m1/s1. The lowest BCUT2D eigenvalue weighted by atomic mass is 9.83. The average Bonchev–Trinajstić information content (AvgIpc) is 4.12. The van der Waals surface area contributed by atoms with Crippen LogP contribution in [0.15, 0.2) is 72.8 Å². The molecule has 6 aliphatic rings. The van der Waals surface area contributed by atoms with Gasteiger partial charge in [-0.1, -0.05) is 101 Å². The number of nitrogens with zero attached hydrogens (tertiary/aromatic N) is 2. The van der Waals surface area contributed by atoms with Crippen LogP contribution in [0.25, 0.3) is 0 Å². The molecule has 4 fully saturated rings. The summed E-state index contributed by atoms with van der Waals surface area (Å²) in [4.78, 5) is 117. The van der Waals surface area contributed by atoms with Crippen LogP contribution in [0.5, 0.6) is 11.5 Å². The van der Waals surface area contributed by atoms with E-state index in [1.54, 1.807) is 43.1 Å². The van der Waals surface area contributed by atoms with Crippen LogP contribution >= 0.6 is 0 Å². The monoisotopic (exact) mass is 1100 g/mol. The molecule has 7 amide bonds. The number of carbonyl (C=O) groups is 8. The molecule has 2 saturated heterocycles. The fourth-order valence-electron chi connectivity index (χ4n) is 12.9. The lowest BCUT2D eigenvalue weighted by Crippen LogP contribution is -2.58. The fraction of sp³-hybridized carbons (Fsp3) is 0.581. The van der Waals surface area contributed by atoms with Crippen LogP contribution in [0, 0.1) is 23.7 Å². The predicted octanol–water partition coefficient (Wildman–Crippen LogP) is 6.24. The maximum Gasteiger partial charge on any atom is 0.251 e. The number of likely N-dealkylation sites (tertiary alicyclic amines) is 2. The van der Waals surface area contributed by atoms with Crippen molar-refractivity contribution in [3.05, 3.63) is 95.1 Å². The summed E-state index contributed by atoms with van der Waals surface area (Å²) in [6, 6.07) is 16.1. The highest BCUT2D eigenvalue weighted by Crippen LogP contribution is 2.37. The Balaban J connectivity index is 0.896. The number of ketones is 1. The zero-order valence-corrected chi connectivity index (χ0v) is 47.0. The molecule has 430 valence electrons. The molecule has 4 aliphatic heterocycles. The predicted molar refractivity (Wildman–Crippen MR) is 300 cm³/mol. The van der Waals surface area contributed by atoms with Crippen molar-refractivity contribution in [3.8, 4) is 11.5 Å². The van der Waals surface area contributed by atoms with Gasteiger partial charge in [0, 0.05) is 66.6 Å². The van der Waals surface area contributed by atoms with Crippen molar-refractivity contribution in [3.63, 3.8) is 0 Å². The van der Waals surface area contributed by atoms with Gasteiger partial charge in [-0.15, -0.1) is 0 Å².